The molecule has 1 aliphatic carbocycles. The van der Waals surface area contributed by atoms with Gasteiger partial charge >= 0.3 is 0 Å². The monoisotopic (exact) mass is 445 g/mol. The van der Waals surface area contributed by atoms with E-state index in [1.807, 2.05) is 23.1 Å². The Morgan fingerprint density at radius 2 is 1.48 bits per heavy atom. The molecule has 2 aliphatic heterocycles. The Labute approximate surface area is 197 Å². The molecule has 5 rings (SSSR count). The SMILES string of the molecule is O=C(NC1CCN(c2ccccc2C(=O)N2CCc3ccccc3C2)CC1)C1CCCCC1. The smallest absolute Gasteiger partial charge is 0.256 e. The molecule has 5 nitrogen and oxygen atoms in total. The van der Waals surface area contributed by atoms with E-state index in [4.69, 9.17) is 0 Å². The molecule has 2 aromatic carbocycles. The third-order valence-corrected chi connectivity index (χ3v) is 7.71. The Kier molecular flexibility index (Phi) is 6.65. The average molecular weight is 446 g/mol. The van der Waals surface area contributed by atoms with Crippen molar-refractivity contribution < 1.29 is 9.59 Å². The summed E-state index contributed by atoms with van der Waals surface area (Å²) in [7, 11) is 0. The van der Waals surface area contributed by atoms with Crippen molar-refractivity contribution in [1.82, 2.24) is 10.2 Å². The normalized spacial score (nSPS) is 19.8. The molecule has 33 heavy (non-hydrogen) atoms. The summed E-state index contributed by atoms with van der Waals surface area (Å²) in [5.41, 5.74) is 4.43. The van der Waals surface area contributed by atoms with Crippen LogP contribution in [0.4, 0.5) is 5.69 Å². The predicted molar refractivity (Wildman–Crippen MR) is 131 cm³/mol. The van der Waals surface area contributed by atoms with Crippen LogP contribution in [0.5, 0.6) is 0 Å². The fraction of sp³-hybridized carbons (Fsp3) is 0.500. The Hall–Kier alpha value is -2.82. The number of piperidine rings is 1. The van der Waals surface area contributed by atoms with Crippen molar-refractivity contribution in [2.75, 3.05) is 24.5 Å². The van der Waals surface area contributed by atoms with Crippen LogP contribution < -0.4 is 10.2 Å². The van der Waals surface area contributed by atoms with Crippen molar-refractivity contribution in [3.8, 4) is 0 Å². The highest BCUT2D eigenvalue weighted by Gasteiger charge is 2.29. The second-order valence-corrected chi connectivity index (χ2v) is 9.87. The molecule has 174 valence electrons. The molecule has 2 aromatic rings. The summed E-state index contributed by atoms with van der Waals surface area (Å²) in [6, 6.07) is 16.7. The fourth-order valence-corrected chi connectivity index (χ4v) is 5.72. The first kappa shape index (κ1) is 22.0. The zero-order valence-corrected chi connectivity index (χ0v) is 19.5. The molecule has 2 fully saturated rings. The lowest BCUT2D eigenvalue weighted by atomic mass is 9.88. The first-order chi connectivity index (χ1) is 16.2. The summed E-state index contributed by atoms with van der Waals surface area (Å²) in [6.45, 7) is 3.17. The molecule has 1 saturated carbocycles. The number of amides is 2. The maximum atomic E-state index is 13.5. The van der Waals surface area contributed by atoms with Crippen molar-refractivity contribution in [1.29, 1.82) is 0 Å². The molecule has 1 saturated heterocycles. The van der Waals surface area contributed by atoms with Gasteiger partial charge in [0, 0.05) is 43.8 Å². The second kappa shape index (κ2) is 9.98. The lowest BCUT2D eigenvalue weighted by Gasteiger charge is -2.36. The molecule has 0 bridgehead atoms. The van der Waals surface area contributed by atoms with Crippen LogP contribution in [-0.2, 0) is 17.8 Å². The molecule has 0 spiro atoms. The van der Waals surface area contributed by atoms with Crippen LogP contribution in [0.25, 0.3) is 0 Å². The number of carbonyl (C=O) groups is 2. The van der Waals surface area contributed by atoms with Crippen molar-refractivity contribution in [2.24, 2.45) is 5.92 Å². The minimum Gasteiger partial charge on any atom is -0.371 e. The molecular formula is C28H35N3O2. The van der Waals surface area contributed by atoms with Gasteiger partial charge in [0.15, 0.2) is 0 Å². The highest BCUT2D eigenvalue weighted by Crippen LogP contribution is 2.28. The Morgan fingerprint density at radius 3 is 2.27 bits per heavy atom. The Bertz CT molecular complexity index is 990. The highest BCUT2D eigenvalue weighted by atomic mass is 16.2. The number of carbonyl (C=O) groups excluding carboxylic acids is 2. The molecule has 1 N–H and O–H groups in total. The quantitative estimate of drug-likeness (QED) is 0.751. The van der Waals surface area contributed by atoms with Gasteiger partial charge in [0.25, 0.3) is 5.91 Å². The number of hydrogen-bond donors (Lipinski definition) is 1. The van der Waals surface area contributed by atoms with E-state index in [1.165, 1.54) is 30.4 Å². The zero-order chi connectivity index (χ0) is 22.6. The molecular weight excluding hydrogens is 410 g/mol. The van der Waals surface area contributed by atoms with Crippen LogP contribution in [0.1, 0.15) is 66.4 Å². The average Bonchev–Trinajstić information content (AvgIpc) is 2.89. The third kappa shape index (κ3) is 4.92. The molecule has 5 heteroatoms. The second-order valence-electron chi connectivity index (χ2n) is 9.87. The third-order valence-electron chi connectivity index (χ3n) is 7.71. The minimum absolute atomic E-state index is 0.118. The van der Waals surface area contributed by atoms with E-state index in [0.29, 0.717) is 6.54 Å². The van der Waals surface area contributed by atoms with Crippen molar-refractivity contribution in [3.63, 3.8) is 0 Å². The number of nitrogens with one attached hydrogen (secondary N) is 1. The van der Waals surface area contributed by atoms with E-state index in [-0.39, 0.29) is 23.8 Å². The molecule has 0 atom stereocenters. The summed E-state index contributed by atoms with van der Waals surface area (Å²) in [6.07, 6.45) is 8.49. The van der Waals surface area contributed by atoms with Gasteiger partial charge in [0.05, 0.1) is 5.56 Å². The molecule has 2 amide bonds. The number of hydrogen-bond acceptors (Lipinski definition) is 3. The Balaban J connectivity index is 1.22. The summed E-state index contributed by atoms with van der Waals surface area (Å²) >= 11 is 0. The maximum Gasteiger partial charge on any atom is 0.256 e. The minimum atomic E-state index is 0.118. The van der Waals surface area contributed by atoms with Gasteiger partial charge in [0.1, 0.15) is 0 Å². The number of rotatable bonds is 4. The van der Waals surface area contributed by atoms with Crippen LogP contribution in [0.15, 0.2) is 48.5 Å². The van der Waals surface area contributed by atoms with E-state index < -0.39 is 0 Å². The van der Waals surface area contributed by atoms with Gasteiger partial charge in [-0.25, -0.2) is 0 Å². The molecule has 0 aromatic heterocycles. The summed E-state index contributed by atoms with van der Waals surface area (Å²) in [5.74, 6) is 0.590. The summed E-state index contributed by atoms with van der Waals surface area (Å²) in [4.78, 5) is 30.5. The topological polar surface area (TPSA) is 52.7 Å². The molecule has 2 heterocycles. The lowest BCUT2D eigenvalue weighted by molar-refractivity contribution is -0.126. The van der Waals surface area contributed by atoms with E-state index in [2.05, 4.69) is 40.5 Å². The van der Waals surface area contributed by atoms with E-state index in [0.717, 1.165) is 63.0 Å². The number of nitrogens with zero attached hydrogens (tertiary/aromatic N) is 2. The van der Waals surface area contributed by atoms with Crippen molar-refractivity contribution in [3.05, 3.63) is 65.2 Å². The first-order valence-corrected chi connectivity index (χ1v) is 12.7. The van der Waals surface area contributed by atoms with Crippen LogP contribution >= 0.6 is 0 Å². The number of benzene rings is 2. The number of anilines is 1. The van der Waals surface area contributed by atoms with Crippen LogP contribution in [0, 0.1) is 5.92 Å². The van der Waals surface area contributed by atoms with Gasteiger partial charge in [-0.2, -0.15) is 0 Å². The van der Waals surface area contributed by atoms with Gasteiger partial charge in [-0.1, -0.05) is 55.7 Å². The summed E-state index contributed by atoms with van der Waals surface area (Å²) in [5, 5.41) is 3.32. The number of para-hydroxylation sites is 1. The zero-order valence-electron chi connectivity index (χ0n) is 19.5. The van der Waals surface area contributed by atoms with E-state index >= 15 is 0 Å². The highest BCUT2D eigenvalue weighted by molar-refractivity contribution is 6.00. The lowest BCUT2D eigenvalue weighted by Crippen LogP contribution is -2.47. The standard InChI is InChI=1S/C28H35N3O2/c32-27(22-9-2-1-3-10-22)29-24-15-18-30(19-16-24)26-13-7-6-12-25(26)28(33)31-17-14-21-8-4-5-11-23(21)20-31/h4-8,11-13,22,24H,1-3,9-10,14-20H2,(H,29,32). The predicted octanol–water partition coefficient (Wildman–Crippen LogP) is 4.55. The van der Waals surface area contributed by atoms with Crippen LogP contribution in [0.2, 0.25) is 0 Å². The Morgan fingerprint density at radius 1 is 0.788 bits per heavy atom. The fourth-order valence-electron chi connectivity index (χ4n) is 5.72. The van der Waals surface area contributed by atoms with Crippen LogP contribution in [-0.4, -0.2) is 42.4 Å². The first-order valence-electron chi connectivity index (χ1n) is 12.7. The maximum absolute atomic E-state index is 13.5. The van der Waals surface area contributed by atoms with Gasteiger partial charge in [-0.3, -0.25) is 9.59 Å². The van der Waals surface area contributed by atoms with Crippen molar-refractivity contribution >= 4 is 17.5 Å². The van der Waals surface area contributed by atoms with E-state index in [9.17, 15) is 9.59 Å². The molecule has 0 unspecified atom stereocenters. The van der Waals surface area contributed by atoms with Gasteiger partial charge < -0.3 is 15.1 Å². The van der Waals surface area contributed by atoms with Gasteiger partial charge in [-0.05, 0) is 55.4 Å². The van der Waals surface area contributed by atoms with Gasteiger partial charge in [-0.15, -0.1) is 0 Å². The van der Waals surface area contributed by atoms with Crippen molar-refractivity contribution in [2.45, 2.75) is 64.0 Å². The van der Waals surface area contributed by atoms with Crippen LogP contribution in [0.3, 0.4) is 0 Å². The largest absolute Gasteiger partial charge is 0.371 e. The van der Waals surface area contributed by atoms with E-state index in [1.54, 1.807) is 0 Å². The molecule has 3 aliphatic rings. The summed E-state index contributed by atoms with van der Waals surface area (Å²) < 4.78 is 0. The van der Waals surface area contributed by atoms with Gasteiger partial charge in [0.2, 0.25) is 5.91 Å². The number of fused-ring (bicyclic) bond motifs is 1. The molecule has 0 radical (unpaired) electrons.